The van der Waals surface area contributed by atoms with Crippen molar-refractivity contribution in [1.29, 1.82) is 0 Å². The van der Waals surface area contributed by atoms with E-state index in [1.807, 2.05) is 4.90 Å². The normalized spacial score (nSPS) is 24.5. The van der Waals surface area contributed by atoms with Gasteiger partial charge in [-0.25, -0.2) is 0 Å². The van der Waals surface area contributed by atoms with Crippen LogP contribution < -0.4 is 0 Å². The van der Waals surface area contributed by atoms with E-state index in [0.29, 0.717) is 17.7 Å². The predicted octanol–water partition coefficient (Wildman–Crippen LogP) is 2.16. The largest absolute Gasteiger partial charge is 0.384 e. The fourth-order valence-corrected chi connectivity index (χ4v) is 2.29. The Hall–Kier alpha value is -0.570. The highest BCUT2D eigenvalue weighted by Gasteiger charge is 2.30. The predicted molar refractivity (Wildman–Crippen MR) is 65.2 cm³/mol. The third-order valence-corrected chi connectivity index (χ3v) is 3.89. The maximum Gasteiger partial charge on any atom is 0.225 e. The number of likely N-dealkylation sites (tertiary alicyclic amines) is 1. The van der Waals surface area contributed by atoms with Gasteiger partial charge < -0.3 is 9.64 Å². The fourth-order valence-electron chi connectivity index (χ4n) is 2.29. The third-order valence-electron chi connectivity index (χ3n) is 3.89. The van der Waals surface area contributed by atoms with Gasteiger partial charge in [-0.1, -0.05) is 27.2 Å². The van der Waals surface area contributed by atoms with Gasteiger partial charge in [-0.2, -0.15) is 0 Å². The van der Waals surface area contributed by atoms with Gasteiger partial charge >= 0.3 is 0 Å². The molecule has 0 aromatic carbocycles. The van der Waals surface area contributed by atoms with Crippen molar-refractivity contribution in [2.24, 2.45) is 17.8 Å². The molecule has 0 aromatic rings. The summed E-state index contributed by atoms with van der Waals surface area (Å²) in [6, 6.07) is 0. The molecule has 3 heteroatoms. The third kappa shape index (κ3) is 3.21. The van der Waals surface area contributed by atoms with Crippen LogP contribution in [0.3, 0.4) is 0 Å². The minimum atomic E-state index is 0.159. The smallest absolute Gasteiger partial charge is 0.225 e. The Labute approximate surface area is 99.1 Å². The van der Waals surface area contributed by atoms with E-state index in [0.717, 1.165) is 32.5 Å². The van der Waals surface area contributed by atoms with Crippen LogP contribution in [-0.2, 0) is 9.53 Å². The van der Waals surface area contributed by atoms with Gasteiger partial charge in [0.25, 0.3) is 0 Å². The van der Waals surface area contributed by atoms with E-state index in [9.17, 15) is 4.79 Å². The molecule has 0 aromatic heterocycles. The van der Waals surface area contributed by atoms with E-state index in [4.69, 9.17) is 4.74 Å². The molecule has 16 heavy (non-hydrogen) atoms. The first-order valence-corrected chi connectivity index (χ1v) is 6.37. The standard InChI is InChI=1S/C13H25NO2/c1-5-10(2)11(3)13(15)14-7-6-12(8-14)9-16-4/h10-12H,5-9H2,1-4H3. The Morgan fingerprint density at radius 2 is 2.19 bits per heavy atom. The number of hydrogen-bond donors (Lipinski definition) is 0. The van der Waals surface area contributed by atoms with Crippen molar-refractivity contribution in [2.45, 2.75) is 33.6 Å². The summed E-state index contributed by atoms with van der Waals surface area (Å²) in [5.41, 5.74) is 0. The van der Waals surface area contributed by atoms with Crippen LogP contribution in [0.5, 0.6) is 0 Å². The van der Waals surface area contributed by atoms with Gasteiger partial charge in [0.15, 0.2) is 0 Å². The number of ether oxygens (including phenoxy) is 1. The average Bonchev–Trinajstić information content (AvgIpc) is 2.75. The molecule has 3 nitrogen and oxygen atoms in total. The summed E-state index contributed by atoms with van der Waals surface area (Å²) in [4.78, 5) is 14.2. The summed E-state index contributed by atoms with van der Waals surface area (Å²) in [6.45, 7) is 8.93. The summed E-state index contributed by atoms with van der Waals surface area (Å²) < 4.78 is 5.14. The van der Waals surface area contributed by atoms with Crippen molar-refractivity contribution < 1.29 is 9.53 Å². The lowest BCUT2D eigenvalue weighted by atomic mass is 9.92. The van der Waals surface area contributed by atoms with E-state index in [-0.39, 0.29) is 5.92 Å². The van der Waals surface area contributed by atoms with Crippen molar-refractivity contribution in [2.75, 3.05) is 26.8 Å². The second-order valence-electron chi connectivity index (χ2n) is 5.07. The molecule has 94 valence electrons. The lowest BCUT2D eigenvalue weighted by Gasteiger charge is -2.24. The van der Waals surface area contributed by atoms with Crippen molar-refractivity contribution in [1.82, 2.24) is 4.90 Å². The molecule has 1 heterocycles. The van der Waals surface area contributed by atoms with Crippen LogP contribution in [0.1, 0.15) is 33.6 Å². The van der Waals surface area contributed by atoms with Gasteiger partial charge in [-0.15, -0.1) is 0 Å². The minimum Gasteiger partial charge on any atom is -0.384 e. The second kappa shape index (κ2) is 6.24. The zero-order valence-electron chi connectivity index (χ0n) is 11.0. The lowest BCUT2D eigenvalue weighted by Crippen LogP contribution is -2.36. The first-order valence-electron chi connectivity index (χ1n) is 6.37. The van der Waals surface area contributed by atoms with Crippen molar-refractivity contribution in [3.05, 3.63) is 0 Å². The molecule has 0 aliphatic carbocycles. The lowest BCUT2D eigenvalue weighted by molar-refractivity contribution is -0.135. The van der Waals surface area contributed by atoms with Gasteiger partial charge in [0.05, 0.1) is 6.61 Å². The quantitative estimate of drug-likeness (QED) is 0.720. The Kier molecular flexibility index (Phi) is 5.26. The summed E-state index contributed by atoms with van der Waals surface area (Å²) in [5, 5.41) is 0. The summed E-state index contributed by atoms with van der Waals surface area (Å²) >= 11 is 0. The maximum atomic E-state index is 12.2. The van der Waals surface area contributed by atoms with Crippen molar-refractivity contribution in [3.8, 4) is 0 Å². The van der Waals surface area contributed by atoms with E-state index in [1.54, 1.807) is 7.11 Å². The molecule has 0 bridgehead atoms. The number of nitrogens with zero attached hydrogens (tertiary/aromatic N) is 1. The number of hydrogen-bond acceptors (Lipinski definition) is 2. The number of carbonyl (C=O) groups excluding carboxylic acids is 1. The van der Waals surface area contributed by atoms with E-state index in [2.05, 4.69) is 20.8 Å². The van der Waals surface area contributed by atoms with Crippen molar-refractivity contribution >= 4 is 5.91 Å². The topological polar surface area (TPSA) is 29.5 Å². The number of methoxy groups -OCH3 is 1. The molecular weight excluding hydrogens is 202 g/mol. The van der Waals surface area contributed by atoms with Gasteiger partial charge in [0.2, 0.25) is 5.91 Å². The molecule has 1 fully saturated rings. The molecule has 3 atom stereocenters. The second-order valence-corrected chi connectivity index (χ2v) is 5.07. The van der Waals surface area contributed by atoms with E-state index >= 15 is 0 Å². The van der Waals surface area contributed by atoms with Crippen LogP contribution in [0.2, 0.25) is 0 Å². The van der Waals surface area contributed by atoms with Gasteiger partial charge in [0.1, 0.15) is 0 Å². The summed E-state index contributed by atoms with van der Waals surface area (Å²) in [7, 11) is 1.73. The van der Waals surface area contributed by atoms with E-state index < -0.39 is 0 Å². The van der Waals surface area contributed by atoms with Gasteiger partial charge in [-0.3, -0.25) is 4.79 Å². The summed E-state index contributed by atoms with van der Waals surface area (Å²) in [5.74, 6) is 1.51. The molecule has 1 rings (SSSR count). The zero-order chi connectivity index (χ0) is 12.1. The molecular formula is C13H25NO2. The maximum absolute atomic E-state index is 12.2. The monoisotopic (exact) mass is 227 g/mol. The van der Waals surface area contributed by atoms with Crippen LogP contribution in [0.4, 0.5) is 0 Å². The van der Waals surface area contributed by atoms with Crippen molar-refractivity contribution in [3.63, 3.8) is 0 Å². The first-order chi connectivity index (χ1) is 7.60. The Morgan fingerprint density at radius 3 is 2.75 bits per heavy atom. The minimum absolute atomic E-state index is 0.159. The van der Waals surface area contributed by atoms with E-state index in [1.165, 1.54) is 0 Å². The Bertz CT molecular complexity index is 230. The molecule has 0 saturated carbocycles. The van der Waals surface area contributed by atoms with Crippen LogP contribution in [0.25, 0.3) is 0 Å². The SMILES string of the molecule is CCC(C)C(C)C(=O)N1CCC(COC)C1. The van der Waals surface area contributed by atoms with Crippen LogP contribution in [0.15, 0.2) is 0 Å². The molecule has 1 aliphatic heterocycles. The Morgan fingerprint density at radius 1 is 1.50 bits per heavy atom. The molecule has 3 unspecified atom stereocenters. The van der Waals surface area contributed by atoms with Crippen LogP contribution >= 0.6 is 0 Å². The van der Waals surface area contributed by atoms with Crippen LogP contribution in [-0.4, -0.2) is 37.6 Å². The first kappa shape index (κ1) is 13.5. The number of rotatable bonds is 5. The van der Waals surface area contributed by atoms with Gasteiger partial charge in [0, 0.05) is 32.0 Å². The highest BCUT2D eigenvalue weighted by atomic mass is 16.5. The zero-order valence-corrected chi connectivity index (χ0v) is 11.0. The molecule has 0 N–H and O–H groups in total. The average molecular weight is 227 g/mol. The molecule has 1 amide bonds. The molecule has 1 saturated heterocycles. The fraction of sp³-hybridized carbons (Fsp3) is 0.923. The molecule has 1 aliphatic rings. The number of carbonyl (C=O) groups is 1. The summed E-state index contributed by atoms with van der Waals surface area (Å²) in [6.07, 6.45) is 2.16. The van der Waals surface area contributed by atoms with Crippen LogP contribution in [0, 0.1) is 17.8 Å². The van der Waals surface area contributed by atoms with Gasteiger partial charge in [-0.05, 0) is 12.3 Å². The molecule has 0 spiro atoms. The number of amides is 1. The highest BCUT2D eigenvalue weighted by molar-refractivity contribution is 5.79. The highest BCUT2D eigenvalue weighted by Crippen LogP contribution is 2.22. The molecule has 0 radical (unpaired) electrons. The Balaban J connectivity index is 2.44.